The molecule has 1 aliphatic heterocycles. The first-order valence-electron chi connectivity index (χ1n) is 6.79. The molecular formula is C16H15N3O2. The molecule has 5 nitrogen and oxygen atoms in total. The van der Waals surface area contributed by atoms with Crippen LogP contribution in [0.1, 0.15) is 18.9 Å². The standard InChI is InChI=1S/C16H15N3O2/c1-11-10-15(21)17-18-16(11)12-2-4-13(5-3-12)19-8-6-14(20)7-9-19/h2-9,11H,10H2,1H3,(H,17,21). The van der Waals surface area contributed by atoms with E-state index in [2.05, 4.69) is 10.5 Å². The van der Waals surface area contributed by atoms with Gasteiger partial charge in [-0.15, -0.1) is 0 Å². The molecule has 5 heteroatoms. The zero-order chi connectivity index (χ0) is 14.8. The number of nitrogens with zero attached hydrogens (tertiary/aromatic N) is 2. The highest BCUT2D eigenvalue weighted by molar-refractivity contribution is 6.05. The molecule has 0 saturated carbocycles. The van der Waals surface area contributed by atoms with Gasteiger partial charge in [0.05, 0.1) is 5.71 Å². The molecule has 0 radical (unpaired) electrons. The largest absolute Gasteiger partial charge is 0.324 e. The van der Waals surface area contributed by atoms with Gasteiger partial charge in [0, 0.05) is 42.6 Å². The summed E-state index contributed by atoms with van der Waals surface area (Å²) in [6, 6.07) is 10.9. The topological polar surface area (TPSA) is 63.5 Å². The highest BCUT2D eigenvalue weighted by atomic mass is 16.2. The quantitative estimate of drug-likeness (QED) is 0.910. The predicted molar refractivity (Wildman–Crippen MR) is 80.5 cm³/mol. The number of hydrogen-bond donors (Lipinski definition) is 1. The van der Waals surface area contributed by atoms with E-state index in [0.717, 1.165) is 17.0 Å². The third-order valence-corrected chi connectivity index (χ3v) is 3.52. The summed E-state index contributed by atoms with van der Waals surface area (Å²) in [5.41, 5.74) is 5.36. The van der Waals surface area contributed by atoms with Crippen LogP contribution < -0.4 is 10.9 Å². The lowest BCUT2D eigenvalue weighted by molar-refractivity contribution is -0.121. The van der Waals surface area contributed by atoms with Gasteiger partial charge in [0.2, 0.25) is 5.91 Å². The van der Waals surface area contributed by atoms with Crippen LogP contribution in [0.15, 0.2) is 58.7 Å². The second-order valence-electron chi connectivity index (χ2n) is 5.13. The van der Waals surface area contributed by atoms with Crippen molar-refractivity contribution in [2.75, 3.05) is 0 Å². The fraction of sp³-hybridized carbons (Fsp3) is 0.188. The lowest BCUT2D eigenvalue weighted by atomic mass is 9.94. The molecule has 106 valence electrons. The fourth-order valence-electron chi connectivity index (χ4n) is 2.39. The molecule has 0 fully saturated rings. The zero-order valence-electron chi connectivity index (χ0n) is 11.6. The maximum Gasteiger partial charge on any atom is 0.240 e. The Labute approximate surface area is 121 Å². The van der Waals surface area contributed by atoms with Crippen LogP contribution in [0.3, 0.4) is 0 Å². The van der Waals surface area contributed by atoms with E-state index < -0.39 is 0 Å². The number of amides is 1. The number of pyridine rings is 1. The first-order chi connectivity index (χ1) is 10.1. The van der Waals surface area contributed by atoms with E-state index in [-0.39, 0.29) is 17.3 Å². The molecule has 0 saturated heterocycles. The van der Waals surface area contributed by atoms with Crippen LogP contribution in [0.2, 0.25) is 0 Å². The minimum absolute atomic E-state index is 0.0102. The van der Waals surface area contributed by atoms with Crippen molar-refractivity contribution in [3.05, 3.63) is 64.6 Å². The van der Waals surface area contributed by atoms with E-state index >= 15 is 0 Å². The summed E-state index contributed by atoms with van der Waals surface area (Å²) >= 11 is 0. The monoisotopic (exact) mass is 281 g/mol. The van der Waals surface area contributed by atoms with Crippen molar-refractivity contribution >= 4 is 11.6 Å². The number of benzene rings is 1. The Bertz CT molecular complexity index is 739. The SMILES string of the molecule is CC1CC(=O)NN=C1c1ccc(-n2ccc(=O)cc2)cc1. The third kappa shape index (κ3) is 2.76. The Hall–Kier alpha value is -2.69. The van der Waals surface area contributed by atoms with Gasteiger partial charge in [-0.2, -0.15) is 5.10 Å². The first kappa shape index (κ1) is 13.3. The fourth-order valence-corrected chi connectivity index (χ4v) is 2.39. The van der Waals surface area contributed by atoms with Crippen LogP contribution in [0.5, 0.6) is 0 Å². The van der Waals surface area contributed by atoms with E-state index in [1.54, 1.807) is 12.4 Å². The van der Waals surface area contributed by atoms with Gasteiger partial charge in [-0.1, -0.05) is 19.1 Å². The number of carbonyl (C=O) groups excluding carboxylic acids is 1. The smallest absolute Gasteiger partial charge is 0.240 e. The van der Waals surface area contributed by atoms with Gasteiger partial charge in [-0.25, -0.2) is 5.43 Å². The summed E-state index contributed by atoms with van der Waals surface area (Å²) in [6.07, 6.45) is 3.93. The van der Waals surface area contributed by atoms with Crippen molar-refractivity contribution in [1.29, 1.82) is 0 Å². The molecule has 1 amide bonds. The summed E-state index contributed by atoms with van der Waals surface area (Å²) in [7, 11) is 0. The number of aromatic nitrogens is 1. The number of nitrogens with one attached hydrogen (secondary N) is 1. The normalized spacial score (nSPS) is 18.0. The van der Waals surface area contributed by atoms with Crippen molar-refractivity contribution in [2.45, 2.75) is 13.3 Å². The van der Waals surface area contributed by atoms with E-state index in [0.29, 0.717) is 6.42 Å². The highest BCUT2D eigenvalue weighted by Crippen LogP contribution is 2.18. The minimum atomic E-state index is -0.0453. The van der Waals surface area contributed by atoms with Crippen molar-refractivity contribution in [2.24, 2.45) is 11.0 Å². The van der Waals surface area contributed by atoms with Crippen molar-refractivity contribution in [3.63, 3.8) is 0 Å². The lowest BCUT2D eigenvalue weighted by Gasteiger charge is -2.19. The Kier molecular flexibility index (Phi) is 3.39. The van der Waals surface area contributed by atoms with Crippen LogP contribution >= 0.6 is 0 Å². The van der Waals surface area contributed by atoms with Crippen LogP contribution in [0, 0.1) is 5.92 Å². The first-order valence-corrected chi connectivity index (χ1v) is 6.79. The van der Waals surface area contributed by atoms with Gasteiger partial charge in [0.1, 0.15) is 0 Å². The van der Waals surface area contributed by atoms with Gasteiger partial charge >= 0.3 is 0 Å². The number of rotatable bonds is 2. The van der Waals surface area contributed by atoms with E-state index in [9.17, 15) is 9.59 Å². The van der Waals surface area contributed by atoms with E-state index in [1.165, 1.54) is 12.1 Å². The molecule has 2 heterocycles. The van der Waals surface area contributed by atoms with Gasteiger partial charge in [0.15, 0.2) is 5.43 Å². The summed E-state index contributed by atoms with van der Waals surface area (Å²) in [5.74, 6) is 0.0631. The summed E-state index contributed by atoms with van der Waals surface area (Å²) in [4.78, 5) is 22.4. The lowest BCUT2D eigenvalue weighted by Crippen LogP contribution is -2.31. The molecule has 1 unspecified atom stereocenters. The summed E-state index contributed by atoms with van der Waals surface area (Å²) in [5, 5.41) is 4.14. The molecule has 2 aromatic rings. The molecule has 3 rings (SSSR count). The Morgan fingerprint density at radius 2 is 1.76 bits per heavy atom. The minimum Gasteiger partial charge on any atom is -0.324 e. The second-order valence-corrected chi connectivity index (χ2v) is 5.13. The molecule has 21 heavy (non-hydrogen) atoms. The molecule has 1 aromatic carbocycles. The number of hydrogen-bond acceptors (Lipinski definition) is 3. The van der Waals surface area contributed by atoms with Crippen LogP contribution in [-0.4, -0.2) is 16.2 Å². The molecule has 0 spiro atoms. The van der Waals surface area contributed by atoms with Gasteiger partial charge in [0.25, 0.3) is 0 Å². The van der Waals surface area contributed by atoms with E-state index in [4.69, 9.17) is 0 Å². The van der Waals surface area contributed by atoms with Crippen LogP contribution in [-0.2, 0) is 4.79 Å². The van der Waals surface area contributed by atoms with Crippen molar-refractivity contribution in [1.82, 2.24) is 9.99 Å². The molecule has 1 atom stereocenters. The van der Waals surface area contributed by atoms with Gasteiger partial charge < -0.3 is 4.57 Å². The maximum absolute atomic E-state index is 11.3. The zero-order valence-corrected chi connectivity index (χ0v) is 11.6. The third-order valence-electron chi connectivity index (χ3n) is 3.52. The molecular weight excluding hydrogens is 266 g/mol. The molecule has 1 aromatic heterocycles. The highest BCUT2D eigenvalue weighted by Gasteiger charge is 2.21. The number of carbonyl (C=O) groups is 1. The molecule has 1 aliphatic rings. The van der Waals surface area contributed by atoms with E-state index in [1.807, 2.05) is 35.8 Å². The maximum atomic E-state index is 11.3. The molecule has 0 bridgehead atoms. The Morgan fingerprint density at radius 1 is 1.10 bits per heavy atom. The number of hydrazone groups is 1. The Morgan fingerprint density at radius 3 is 2.38 bits per heavy atom. The second kappa shape index (κ2) is 5.36. The van der Waals surface area contributed by atoms with Crippen LogP contribution in [0.25, 0.3) is 5.69 Å². The molecule has 0 aliphatic carbocycles. The van der Waals surface area contributed by atoms with Gasteiger partial charge in [-0.05, 0) is 17.7 Å². The summed E-state index contributed by atoms with van der Waals surface area (Å²) < 4.78 is 1.87. The average Bonchev–Trinajstić information content (AvgIpc) is 2.48. The predicted octanol–water partition coefficient (Wildman–Crippen LogP) is 1.70. The summed E-state index contributed by atoms with van der Waals surface area (Å²) in [6.45, 7) is 1.99. The van der Waals surface area contributed by atoms with Crippen molar-refractivity contribution in [3.8, 4) is 5.69 Å². The van der Waals surface area contributed by atoms with Gasteiger partial charge in [-0.3, -0.25) is 9.59 Å². The van der Waals surface area contributed by atoms with Crippen LogP contribution in [0.4, 0.5) is 0 Å². The average molecular weight is 281 g/mol. The van der Waals surface area contributed by atoms with Crippen molar-refractivity contribution < 1.29 is 4.79 Å². The Balaban J connectivity index is 1.89. The molecule has 1 N–H and O–H groups in total.